The number of anilines is 1. The Morgan fingerprint density at radius 2 is 1.88 bits per heavy atom. The maximum atomic E-state index is 13.2. The molecule has 1 aliphatic carbocycles. The Hall–Kier alpha value is -3.42. The van der Waals surface area contributed by atoms with Crippen molar-refractivity contribution >= 4 is 17.5 Å². The molecule has 6 rings (SSSR count). The fourth-order valence-corrected chi connectivity index (χ4v) is 4.90. The third kappa shape index (κ3) is 3.30. The van der Waals surface area contributed by atoms with Crippen LogP contribution in [0.4, 0.5) is 5.69 Å². The molecular formula is C24H25N5O3. The zero-order valence-corrected chi connectivity index (χ0v) is 17.8. The number of aromatic nitrogens is 3. The Morgan fingerprint density at radius 1 is 1.00 bits per heavy atom. The number of hydrogen-bond acceptors (Lipinski definition) is 5. The lowest BCUT2D eigenvalue weighted by Gasteiger charge is -2.34. The van der Waals surface area contributed by atoms with E-state index in [1.54, 1.807) is 17.0 Å². The Kier molecular flexibility index (Phi) is 4.59. The molecule has 2 amide bonds. The number of nitrogens with one attached hydrogen (secondary N) is 1. The summed E-state index contributed by atoms with van der Waals surface area (Å²) in [7, 11) is 0. The number of aromatic amines is 1. The summed E-state index contributed by atoms with van der Waals surface area (Å²) in [4.78, 5) is 30.0. The van der Waals surface area contributed by atoms with Crippen LogP contribution in [0.25, 0.3) is 0 Å². The summed E-state index contributed by atoms with van der Waals surface area (Å²) in [5.74, 6) is 0.985. The number of amides is 2. The average Bonchev–Trinajstić information content (AvgIpc) is 3.23. The van der Waals surface area contributed by atoms with Crippen LogP contribution in [0.5, 0.6) is 0 Å². The number of carbonyl (C=O) groups excluding carboxylic acids is 2. The van der Waals surface area contributed by atoms with Gasteiger partial charge in [-0.25, -0.2) is 0 Å². The number of benzene rings is 1. The zero-order chi connectivity index (χ0) is 21.7. The Labute approximate surface area is 185 Å². The molecule has 8 heteroatoms. The van der Waals surface area contributed by atoms with Crippen LogP contribution in [0, 0.1) is 0 Å². The average molecular weight is 431 g/mol. The molecule has 4 heterocycles. The second-order valence-electron chi connectivity index (χ2n) is 8.94. The number of rotatable bonds is 4. The third-order valence-corrected chi connectivity index (χ3v) is 6.80. The van der Waals surface area contributed by atoms with Gasteiger partial charge in [-0.1, -0.05) is 23.4 Å². The molecule has 1 N–H and O–H groups in total. The molecule has 2 aromatic heterocycles. The normalized spacial score (nSPS) is 20.4. The largest absolute Gasteiger partial charge is 0.360 e. The van der Waals surface area contributed by atoms with E-state index in [1.807, 2.05) is 23.1 Å². The molecule has 32 heavy (non-hydrogen) atoms. The number of H-pyrrole nitrogens is 1. The van der Waals surface area contributed by atoms with Gasteiger partial charge in [-0.05, 0) is 56.2 Å². The van der Waals surface area contributed by atoms with Crippen molar-refractivity contribution < 1.29 is 14.1 Å². The lowest BCUT2D eigenvalue weighted by atomic mass is 9.98. The lowest BCUT2D eigenvalue weighted by Crippen LogP contribution is -2.38. The predicted octanol–water partition coefficient (Wildman–Crippen LogP) is 3.85. The number of para-hydroxylation sites is 1. The quantitative estimate of drug-likeness (QED) is 0.677. The van der Waals surface area contributed by atoms with Crippen molar-refractivity contribution in [2.45, 2.75) is 50.5 Å². The maximum Gasteiger partial charge on any atom is 0.278 e. The van der Waals surface area contributed by atoms with Gasteiger partial charge in [0.15, 0.2) is 11.4 Å². The van der Waals surface area contributed by atoms with E-state index in [4.69, 9.17) is 4.52 Å². The molecule has 0 bridgehead atoms. The highest BCUT2D eigenvalue weighted by atomic mass is 16.5. The van der Waals surface area contributed by atoms with Gasteiger partial charge in [-0.3, -0.25) is 14.7 Å². The summed E-state index contributed by atoms with van der Waals surface area (Å²) in [5.41, 5.74) is 3.67. The van der Waals surface area contributed by atoms with Gasteiger partial charge in [-0.2, -0.15) is 5.10 Å². The predicted molar refractivity (Wildman–Crippen MR) is 117 cm³/mol. The minimum Gasteiger partial charge on any atom is -0.360 e. The topological polar surface area (TPSA) is 95.3 Å². The maximum absolute atomic E-state index is 13.2. The Balaban J connectivity index is 1.23. The van der Waals surface area contributed by atoms with E-state index in [1.165, 1.54) is 5.56 Å². The smallest absolute Gasteiger partial charge is 0.278 e. The molecule has 1 unspecified atom stereocenters. The van der Waals surface area contributed by atoms with Crippen LogP contribution < -0.4 is 4.90 Å². The summed E-state index contributed by atoms with van der Waals surface area (Å²) >= 11 is 0. The van der Waals surface area contributed by atoms with E-state index in [2.05, 4.69) is 21.4 Å². The van der Waals surface area contributed by atoms with Crippen molar-refractivity contribution in [1.29, 1.82) is 0 Å². The van der Waals surface area contributed by atoms with Crippen LogP contribution in [0.15, 0.2) is 40.9 Å². The van der Waals surface area contributed by atoms with E-state index in [0.29, 0.717) is 30.4 Å². The fraction of sp³-hybridized carbons (Fsp3) is 0.417. The molecule has 0 radical (unpaired) electrons. The summed E-state index contributed by atoms with van der Waals surface area (Å²) in [6.45, 7) is 1.31. The number of carbonyl (C=O) groups is 2. The first-order valence-corrected chi connectivity index (χ1v) is 11.4. The van der Waals surface area contributed by atoms with Crippen LogP contribution in [-0.4, -0.2) is 45.2 Å². The third-order valence-electron chi connectivity index (χ3n) is 6.80. The van der Waals surface area contributed by atoms with Gasteiger partial charge in [-0.15, -0.1) is 0 Å². The molecule has 2 fully saturated rings. The van der Waals surface area contributed by atoms with Crippen LogP contribution in [0.2, 0.25) is 0 Å². The Bertz CT molecular complexity index is 1180. The summed E-state index contributed by atoms with van der Waals surface area (Å²) in [6.07, 6.45) is 5.83. The van der Waals surface area contributed by atoms with Crippen molar-refractivity contribution in [2.24, 2.45) is 0 Å². The first-order chi connectivity index (χ1) is 15.7. The van der Waals surface area contributed by atoms with Crippen molar-refractivity contribution in [3.05, 3.63) is 64.8 Å². The van der Waals surface area contributed by atoms with Gasteiger partial charge in [0.25, 0.3) is 11.8 Å². The molecule has 1 atom stereocenters. The molecular weight excluding hydrogens is 406 g/mol. The Morgan fingerprint density at radius 3 is 2.75 bits per heavy atom. The van der Waals surface area contributed by atoms with Crippen LogP contribution in [0.3, 0.4) is 0 Å². The monoisotopic (exact) mass is 431 g/mol. The van der Waals surface area contributed by atoms with E-state index in [-0.39, 0.29) is 17.9 Å². The lowest BCUT2D eigenvalue weighted by molar-refractivity contribution is 0.0595. The molecule has 0 spiro atoms. The summed E-state index contributed by atoms with van der Waals surface area (Å²) in [5, 5.41) is 11.4. The second kappa shape index (κ2) is 7.62. The molecule has 1 aromatic carbocycles. The van der Waals surface area contributed by atoms with E-state index in [0.717, 1.165) is 55.7 Å². The second-order valence-corrected chi connectivity index (χ2v) is 8.94. The molecule has 3 aliphatic rings. The number of piperidine rings is 1. The highest BCUT2D eigenvalue weighted by Gasteiger charge is 2.35. The first kappa shape index (κ1) is 19.3. The molecule has 8 nitrogen and oxygen atoms in total. The number of hydrogen-bond donors (Lipinski definition) is 1. The van der Waals surface area contributed by atoms with E-state index < -0.39 is 0 Å². The van der Waals surface area contributed by atoms with E-state index in [9.17, 15) is 9.59 Å². The van der Waals surface area contributed by atoms with Crippen LogP contribution in [-0.2, 0) is 6.42 Å². The zero-order valence-electron chi connectivity index (χ0n) is 17.8. The van der Waals surface area contributed by atoms with Crippen molar-refractivity contribution in [2.75, 3.05) is 18.0 Å². The number of likely N-dealkylation sites (tertiary alicyclic amines) is 1. The van der Waals surface area contributed by atoms with Crippen LogP contribution >= 0.6 is 0 Å². The van der Waals surface area contributed by atoms with Crippen LogP contribution in [0.1, 0.15) is 82.1 Å². The standard InChI is InChI=1S/C24H25N5O3/c30-23(29-12-10-15-5-1-2-6-20(15)29)18-13-17(25-26-18)21-7-3-4-11-28(21)24(31)19-14-22(32-27-19)16-8-9-16/h1-2,5-6,13-14,16,21H,3-4,7-12H2,(H,25,26). The molecule has 3 aromatic rings. The highest BCUT2D eigenvalue weighted by Crippen LogP contribution is 2.40. The number of fused-ring (bicyclic) bond motifs is 1. The van der Waals surface area contributed by atoms with Crippen molar-refractivity contribution in [3.63, 3.8) is 0 Å². The first-order valence-electron chi connectivity index (χ1n) is 11.4. The molecule has 1 saturated heterocycles. The van der Waals surface area contributed by atoms with Crippen molar-refractivity contribution in [1.82, 2.24) is 20.3 Å². The van der Waals surface area contributed by atoms with Gasteiger partial charge in [0.1, 0.15) is 5.76 Å². The van der Waals surface area contributed by atoms with Gasteiger partial charge in [0, 0.05) is 30.8 Å². The van der Waals surface area contributed by atoms with Gasteiger partial charge in [0.2, 0.25) is 0 Å². The minimum absolute atomic E-state index is 0.114. The summed E-state index contributed by atoms with van der Waals surface area (Å²) < 4.78 is 5.39. The van der Waals surface area contributed by atoms with E-state index >= 15 is 0 Å². The SMILES string of the molecule is O=C(c1cc(C2CCCCN2C(=O)c2cc(C3CC3)on2)[nH]n1)N1CCc2ccccc21. The number of nitrogens with zero attached hydrogens (tertiary/aromatic N) is 4. The van der Waals surface area contributed by atoms with Gasteiger partial charge in [0.05, 0.1) is 11.7 Å². The minimum atomic E-state index is -0.155. The van der Waals surface area contributed by atoms with Gasteiger partial charge >= 0.3 is 0 Å². The molecule has 164 valence electrons. The fourth-order valence-electron chi connectivity index (χ4n) is 4.90. The summed E-state index contributed by atoms with van der Waals surface area (Å²) in [6, 6.07) is 11.4. The highest BCUT2D eigenvalue weighted by molar-refractivity contribution is 6.06. The molecule has 1 saturated carbocycles. The molecule has 2 aliphatic heterocycles. The van der Waals surface area contributed by atoms with Gasteiger partial charge < -0.3 is 14.3 Å². The van der Waals surface area contributed by atoms with Crippen molar-refractivity contribution in [3.8, 4) is 0 Å².